The number of nitrogens with one attached hydrogen (secondary N) is 1. The highest BCUT2D eigenvalue weighted by Gasteiger charge is 2.24. The van der Waals surface area contributed by atoms with Crippen LogP contribution in [-0.4, -0.2) is 54.1 Å². The molecular formula is C22H25N3O5. The summed E-state index contributed by atoms with van der Waals surface area (Å²) in [4.78, 5) is 41.9. The second-order valence-corrected chi connectivity index (χ2v) is 6.99. The Morgan fingerprint density at radius 3 is 2.33 bits per heavy atom. The molecule has 0 saturated carbocycles. The summed E-state index contributed by atoms with van der Waals surface area (Å²) >= 11 is 0. The number of benzene rings is 1. The average molecular weight is 411 g/mol. The van der Waals surface area contributed by atoms with E-state index in [0.717, 1.165) is 12.8 Å². The van der Waals surface area contributed by atoms with Crippen molar-refractivity contribution >= 4 is 18.0 Å². The van der Waals surface area contributed by atoms with Gasteiger partial charge in [0.1, 0.15) is 5.75 Å². The fourth-order valence-corrected chi connectivity index (χ4v) is 3.27. The molecule has 158 valence electrons. The predicted molar refractivity (Wildman–Crippen MR) is 109 cm³/mol. The number of carbonyl (C=O) groups is 3. The molecule has 2 heterocycles. The molecule has 0 unspecified atom stereocenters. The molecule has 1 fully saturated rings. The van der Waals surface area contributed by atoms with Crippen molar-refractivity contribution < 1.29 is 23.9 Å². The Morgan fingerprint density at radius 1 is 1.03 bits per heavy atom. The summed E-state index contributed by atoms with van der Waals surface area (Å²) in [6.07, 6.45) is 4.07. The number of likely N-dealkylation sites (tertiary alicyclic amines) is 1. The largest absolute Gasteiger partial charge is 0.513 e. The molecule has 1 saturated heterocycles. The van der Waals surface area contributed by atoms with Gasteiger partial charge >= 0.3 is 6.16 Å². The summed E-state index contributed by atoms with van der Waals surface area (Å²) in [5.74, 6) is 0.492. The van der Waals surface area contributed by atoms with Gasteiger partial charge in [-0.05, 0) is 62.1 Å². The second kappa shape index (κ2) is 10.4. The maximum Gasteiger partial charge on any atom is 0.513 e. The lowest BCUT2D eigenvalue weighted by Gasteiger charge is -2.32. The van der Waals surface area contributed by atoms with E-state index in [2.05, 4.69) is 10.3 Å². The molecule has 2 aromatic rings. The zero-order valence-corrected chi connectivity index (χ0v) is 16.9. The van der Waals surface area contributed by atoms with Crippen molar-refractivity contribution in [2.24, 2.45) is 5.92 Å². The van der Waals surface area contributed by atoms with Crippen LogP contribution in [0.4, 0.5) is 4.79 Å². The fourth-order valence-electron chi connectivity index (χ4n) is 3.27. The molecule has 0 bridgehead atoms. The molecule has 0 spiro atoms. The van der Waals surface area contributed by atoms with Gasteiger partial charge < -0.3 is 19.7 Å². The molecule has 0 aliphatic carbocycles. The highest BCUT2D eigenvalue weighted by Crippen LogP contribution is 2.20. The van der Waals surface area contributed by atoms with Crippen LogP contribution in [0.2, 0.25) is 0 Å². The molecular weight excluding hydrogens is 386 g/mol. The third-order valence-corrected chi connectivity index (χ3v) is 4.96. The van der Waals surface area contributed by atoms with Crippen LogP contribution >= 0.6 is 0 Å². The number of rotatable bonds is 6. The highest BCUT2D eigenvalue weighted by atomic mass is 16.7. The molecule has 1 N–H and O–H groups in total. The van der Waals surface area contributed by atoms with Gasteiger partial charge in [-0.1, -0.05) is 0 Å². The van der Waals surface area contributed by atoms with Crippen LogP contribution in [0.1, 0.15) is 40.5 Å². The monoisotopic (exact) mass is 411 g/mol. The first-order chi connectivity index (χ1) is 14.6. The molecule has 30 heavy (non-hydrogen) atoms. The number of hydrogen-bond acceptors (Lipinski definition) is 6. The summed E-state index contributed by atoms with van der Waals surface area (Å²) in [5, 5.41) is 2.95. The van der Waals surface area contributed by atoms with Crippen molar-refractivity contribution in [3.05, 3.63) is 59.9 Å². The summed E-state index contributed by atoms with van der Waals surface area (Å²) in [6.45, 7) is 3.79. The number of nitrogens with zero attached hydrogens (tertiary/aromatic N) is 2. The highest BCUT2D eigenvalue weighted by molar-refractivity contribution is 5.94. The first-order valence-electron chi connectivity index (χ1n) is 9.99. The van der Waals surface area contributed by atoms with Gasteiger partial charge in [0, 0.05) is 43.2 Å². The van der Waals surface area contributed by atoms with Crippen LogP contribution in [0.15, 0.2) is 48.8 Å². The van der Waals surface area contributed by atoms with Gasteiger partial charge in [0.05, 0.1) is 6.61 Å². The minimum Gasteiger partial charge on any atom is -0.434 e. The molecule has 8 heteroatoms. The lowest BCUT2D eigenvalue weighted by atomic mass is 9.96. The van der Waals surface area contributed by atoms with Gasteiger partial charge in [0.15, 0.2) is 0 Å². The molecule has 0 radical (unpaired) electrons. The molecule has 1 aliphatic rings. The summed E-state index contributed by atoms with van der Waals surface area (Å²) in [5.41, 5.74) is 1.13. The van der Waals surface area contributed by atoms with Crippen LogP contribution in [0.5, 0.6) is 5.75 Å². The van der Waals surface area contributed by atoms with Gasteiger partial charge in [-0.15, -0.1) is 0 Å². The van der Waals surface area contributed by atoms with Crippen LogP contribution in [0.25, 0.3) is 0 Å². The van der Waals surface area contributed by atoms with Crippen molar-refractivity contribution in [3.8, 4) is 5.75 Å². The molecule has 1 aromatic heterocycles. The Labute approximate surface area is 175 Å². The lowest BCUT2D eigenvalue weighted by Crippen LogP contribution is -2.41. The summed E-state index contributed by atoms with van der Waals surface area (Å²) in [6, 6.07) is 9.78. The third-order valence-electron chi connectivity index (χ3n) is 4.96. The van der Waals surface area contributed by atoms with Gasteiger partial charge in [-0.3, -0.25) is 14.6 Å². The number of piperidine rings is 1. The fraction of sp³-hybridized carbons (Fsp3) is 0.364. The summed E-state index contributed by atoms with van der Waals surface area (Å²) in [7, 11) is 0. The van der Waals surface area contributed by atoms with E-state index in [1.807, 2.05) is 4.90 Å². The van der Waals surface area contributed by atoms with Gasteiger partial charge in [-0.2, -0.15) is 0 Å². The van der Waals surface area contributed by atoms with Crippen molar-refractivity contribution in [3.63, 3.8) is 0 Å². The molecule has 1 aliphatic heterocycles. The molecule has 8 nitrogen and oxygen atoms in total. The van der Waals surface area contributed by atoms with Crippen molar-refractivity contribution in [2.45, 2.75) is 19.8 Å². The molecule has 2 amide bonds. The van der Waals surface area contributed by atoms with Gasteiger partial charge in [0.25, 0.3) is 11.8 Å². The third kappa shape index (κ3) is 5.79. The van der Waals surface area contributed by atoms with Crippen molar-refractivity contribution in [1.82, 2.24) is 15.2 Å². The number of pyridine rings is 1. The van der Waals surface area contributed by atoms with E-state index in [0.29, 0.717) is 42.4 Å². The predicted octanol–water partition coefficient (Wildman–Crippen LogP) is 2.90. The Bertz CT molecular complexity index is 862. The van der Waals surface area contributed by atoms with E-state index in [-0.39, 0.29) is 18.4 Å². The minimum absolute atomic E-state index is 0.0584. The topological polar surface area (TPSA) is 97.8 Å². The van der Waals surface area contributed by atoms with E-state index in [1.165, 1.54) is 0 Å². The van der Waals surface area contributed by atoms with E-state index in [4.69, 9.17) is 9.47 Å². The summed E-state index contributed by atoms with van der Waals surface area (Å²) < 4.78 is 9.73. The van der Waals surface area contributed by atoms with Crippen LogP contribution in [0, 0.1) is 5.92 Å². The maximum absolute atomic E-state index is 12.7. The van der Waals surface area contributed by atoms with E-state index in [1.54, 1.807) is 55.7 Å². The number of ether oxygens (including phenoxy) is 2. The molecule has 3 rings (SSSR count). The number of hydrogen-bond donors (Lipinski definition) is 1. The first kappa shape index (κ1) is 21.3. The molecule has 0 atom stereocenters. The first-order valence-corrected chi connectivity index (χ1v) is 9.99. The number of aromatic nitrogens is 1. The Balaban J connectivity index is 1.44. The SMILES string of the molecule is CCOC(=O)Oc1ccc(C(=O)N2CCC(CNC(=O)c3ccncc3)CC2)cc1. The van der Waals surface area contributed by atoms with E-state index < -0.39 is 6.16 Å². The number of amides is 2. The second-order valence-electron chi connectivity index (χ2n) is 6.99. The smallest absolute Gasteiger partial charge is 0.434 e. The Hall–Kier alpha value is -3.42. The minimum atomic E-state index is -0.769. The zero-order valence-electron chi connectivity index (χ0n) is 16.9. The Kier molecular flexibility index (Phi) is 7.37. The molecule has 1 aromatic carbocycles. The van der Waals surface area contributed by atoms with Gasteiger partial charge in [0.2, 0.25) is 0 Å². The van der Waals surface area contributed by atoms with Crippen LogP contribution in [0.3, 0.4) is 0 Å². The normalized spacial score (nSPS) is 14.1. The van der Waals surface area contributed by atoms with Crippen LogP contribution in [-0.2, 0) is 4.74 Å². The van der Waals surface area contributed by atoms with Crippen molar-refractivity contribution in [2.75, 3.05) is 26.2 Å². The average Bonchev–Trinajstić information content (AvgIpc) is 2.78. The van der Waals surface area contributed by atoms with E-state index in [9.17, 15) is 14.4 Å². The quantitative estimate of drug-likeness (QED) is 0.580. The Morgan fingerprint density at radius 2 is 1.70 bits per heavy atom. The lowest BCUT2D eigenvalue weighted by molar-refractivity contribution is 0.0684. The van der Waals surface area contributed by atoms with E-state index >= 15 is 0 Å². The van der Waals surface area contributed by atoms with Crippen LogP contribution < -0.4 is 10.1 Å². The zero-order chi connectivity index (χ0) is 21.3. The van der Waals surface area contributed by atoms with Gasteiger partial charge in [-0.25, -0.2) is 4.79 Å². The maximum atomic E-state index is 12.7. The van der Waals surface area contributed by atoms with Crippen molar-refractivity contribution in [1.29, 1.82) is 0 Å². The number of carbonyl (C=O) groups excluding carboxylic acids is 3. The standard InChI is InChI=1S/C22H25N3O5/c1-2-29-22(28)30-19-5-3-18(4-6-19)21(27)25-13-9-16(10-14-25)15-24-20(26)17-7-11-23-12-8-17/h3-8,11-12,16H,2,9-10,13-15H2,1H3,(H,24,26).